The molecule has 20 heavy (non-hydrogen) atoms. The van der Waals surface area contributed by atoms with Crippen molar-refractivity contribution in [3.05, 3.63) is 17.5 Å². The zero-order chi connectivity index (χ0) is 15.6. The molecule has 116 valence electrons. The van der Waals surface area contributed by atoms with Gasteiger partial charge in [-0.25, -0.2) is 8.42 Å². The van der Waals surface area contributed by atoms with Gasteiger partial charge in [-0.15, -0.1) is 0 Å². The minimum Gasteiger partial charge on any atom is -0.312 e. The highest BCUT2D eigenvalue weighted by Gasteiger charge is 2.39. The van der Waals surface area contributed by atoms with Crippen LogP contribution in [0.3, 0.4) is 0 Å². The predicted octanol–water partition coefficient (Wildman–Crippen LogP) is 1.46. The predicted molar refractivity (Wildman–Crippen MR) is 82.7 cm³/mol. The lowest BCUT2D eigenvalue weighted by molar-refractivity contribution is 0.399. The number of nitrogens with one attached hydrogen (secondary N) is 1. The molecule has 0 aromatic carbocycles. The Morgan fingerprint density at radius 2 is 2.05 bits per heavy atom. The van der Waals surface area contributed by atoms with E-state index in [0.29, 0.717) is 6.42 Å². The van der Waals surface area contributed by atoms with Crippen molar-refractivity contribution < 1.29 is 8.42 Å². The quantitative estimate of drug-likeness (QED) is 0.828. The van der Waals surface area contributed by atoms with E-state index in [-0.39, 0.29) is 6.04 Å². The summed E-state index contributed by atoms with van der Waals surface area (Å²) in [5.74, 6) is 0. The first kappa shape index (κ1) is 17.2. The third kappa shape index (κ3) is 3.82. The van der Waals surface area contributed by atoms with Crippen molar-refractivity contribution in [1.82, 2.24) is 15.1 Å². The summed E-state index contributed by atoms with van der Waals surface area (Å²) in [5, 5.41) is 7.71. The molecule has 1 rings (SSSR count). The Balaban J connectivity index is 3.04. The summed E-state index contributed by atoms with van der Waals surface area (Å²) in [7, 11) is -1.25. The molecule has 1 heterocycles. The Kier molecular flexibility index (Phi) is 5.38. The van der Waals surface area contributed by atoms with Gasteiger partial charge >= 0.3 is 0 Å². The van der Waals surface area contributed by atoms with Crippen molar-refractivity contribution in [1.29, 1.82) is 0 Å². The lowest BCUT2D eigenvalue weighted by Crippen LogP contribution is -2.53. The fraction of sp³-hybridized carbons (Fsp3) is 0.786. The van der Waals surface area contributed by atoms with E-state index in [2.05, 4.69) is 17.3 Å². The first-order valence-corrected chi connectivity index (χ1v) is 8.91. The molecular formula is C14H27N3O2S. The molecule has 1 aromatic rings. The van der Waals surface area contributed by atoms with Crippen LogP contribution >= 0.6 is 0 Å². The molecule has 5 nitrogen and oxygen atoms in total. The van der Waals surface area contributed by atoms with Crippen molar-refractivity contribution in [2.45, 2.75) is 51.3 Å². The van der Waals surface area contributed by atoms with Crippen molar-refractivity contribution in [3.63, 3.8) is 0 Å². The van der Waals surface area contributed by atoms with Gasteiger partial charge in [-0.2, -0.15) is 5.10 Å². The van der Waals surface area contributed by atoms with Crippen LogP contribution in [0.1, 0.15) is 38.6 Å². The van der Waals surface area contributed by atoms with Gasteiger partial charge in [0.25, 0.3) is 0 Å². The molecule has 0 fully saturated rings. The van der Waals surface area contributed by atoms with Gasteiger partial charge in [-0.05, 0) is 39.8 Å². The molecule has 0 saturated heterocycles. The van der Waals surface area contributed by atoms with E-state index in [1.807, 2.05) is 24.7 Å². The fourth-order valence-electron chi connectivity index (χ4n) is 2.21. The monoisotopic (exact) mass is 301 g/mol. The Hall–Kier alpha value is -0.880. The van der Waals surface area contributed by atoms with E-state index in [0.717, 1.165) is 24.4 Å². The van der Waals surface area contributed by atoms with Gasteiger partial charge in [0.1, 0.15) is 0 Å². The second-order valence-corrected chi connectivity index (χ2v) is 8.58. The summed E-state index contributed by atoms with van der Waals surface area (Å²) in [5.41, 5.74) is 2.00. The van der Waals surface area contributed by atoms with E-state index in [9.17, 15) is 8.42 Å². The van der Waals surface area contributed by atoms with Crippen LogP contribution in [0.4, 0.5) is 0 Å². The van der Waals surface area contributed by atoms with Gasteiger partial charge in [-0.1, -0.05) is 6.92 Å². The van der Waals surface area contributed by atoms with Crippen LogP contribution in [0.5, 0.6) is 0 Å². The molecule has 0 aliphatic carbocycles. The molecule has 0 aliphatic rings. The second-order valence-electron chi connectivity index (χ2n) is 5.99. The van der Waals surface area contributed by atoms with Crippen LogP contribution in [0.15, 0.2) is 6.07 Å². The van der Waals surface area contributed by atoms with E-state index < -0.39 is 14.6 Å². The molecule has 0 aliphatic heterocycles. The fourth-order valence-corrected chi connectivity index (χ4v) is 2.89. The van der Waals surface area contributed by atoms with E-state index >= 15 is 0 Å². The highest BCUT2D eigenvalue weighted by Crippen LogP contribution is 2.23. The molecule has 1 atom stereocenters. The van der Waals surface area contributed by atoms with E-state index in [1.165, 1.54) is 6.26 Å². The lowest BCUT2D eigenvalue weighted by Gasteiger charge is -2.33. The maximum absolute atomic E-state index is 12.1. The third-order valence-corrected chi connectivity index (χ3v) is 6.14. The number of rotatable bonds is 7. The number of hydrogen-bond acceptors (Lipinski definition) is 4. The smallest absolute Gasteiger partial charge is 0.154 e. The Bertz CT molecular complexity index is 547. The normalized spacial score (nSPS) is 14.5. The minimum atomic E-state index is -3.15. The van der Waals surface area contributed by atoms with E-state index in [1.54, 1.807) is 13.8 Å². The van der Waals surface area contributed by atoms with Crippen LogP contribution in [-0.4, -0.2) is 41.8 Å². The first-order chi connectivity index (χ1) is 9.09. The maximum Gasteiger partial charge on any atom is 0.154 e. The topological polar surface area (TPSA) is 64.0 Å². The molecule has 0 amide bonds. The molecule has 0 spiro atoms. The summed E-state index contributed by atoms with van der Waals surface area (Å²) in [6, 6.07) is 1.88. The standard InChI is InChI=1S/C14H27N3O2S/c1-7-8-15-13(14(3,4)20(6,18)19)10-12-9-11(2)16-17(12)5/h9,13,15H,7-8,10H2,1-6H3. The zero-order valence-corrected chi connectivity index (χ0v) is 14.2. The molecule has 0 radical (unpaired) electrons. The molecule has 1 aromatic heterocycles. The van der Waals surface area contributed by atoms with Crippen molar-refractivity contribution >= 4 is 9.84 Å². The van der Waals surface area contributed by atoms with Crippen LogP contribution in [0.25, 0.3) is 0 Å². The number of aromatic nitrogens is 2. The Morgan fingerprint density at radius 3 is 2.45 bits per heavy atom. The van der Waals surface area contributed by atoms with Crippen molar-refractivity contribution in [2.24, 2.45) is 7.05 Å². The summed E-state index contributed by atoms with van der Waals surface area (Å²) in [6.07, 6.45) is 2.93. The number of hydrogen-bond donors (Lipinski definition) is 1. The summed E-state index contributed by atoms with van der Waals surface area (Å²) >= 11 is 0. The zero-order valence-electron chi connectivity index (χ0n) is 13.4. The van der Waals surface area contributed by atoms with Crippen LogP contribution in [0.2, 0.25) is 0 Å². The molecule has 0 saturated carbocycles. The summed E-state index contributed by atoms with van der Waals surface area (Å²) in [4.78, 5) is 0. The second kappa shape index (κ2) is 6.26. The molecule has 1 unspecified atom stereocenters. The van der Waals surface area contributed by atoms with Gasteiger partial charge in [-0.3, -0.25) is 4.68 Å². The average molecular weight is 301 g/mol. The molecule has 1 N–H and O–H groups in total. The number of aryl methyl sites for hydroxylation is 2. The Labute approximate surface area is 122 Å². The van der Waals surface area contributed by atoms with Crippen molar-refractivity contribution in [3.8, 4) is 0 Å². The van der Waals surface area contributed by atoms with Gasteiger partial charge in [0, 0.05) is 31.5 Å². The first-order valence-electron chi connectivity index (χ1n) is 7.02. The largest absolute Gasteiger partial charge is 0.312 e. The van der Waals surface area contributed by atoms with Crippen LogP contribution in [-0.2, 0) is 23.3 Å². The molecule has 6 heteroatoms. The van der Waals surface area contributed by atoms with Gasteiger partial charge in [0.05, 0.1) is 10.4 Å². The van der Waals surface area contributed by atoms with Crippen LogP contribution < -0.4 is 5.32 Å². The minimum absolute atomic E-state index is 0.132. The maximum atomic E-state index is 12.1. The van der Waals surface area contributed by atoms with Crippen LogP contribution in [0, 0.1) is 6.92 Å². The highest BCUT2D eigenvalue weighted by molar-refractivity contribution is 7.92. The lowest BCUT2D eigenvalue weighted by atomic mass is 9.97. The molecule has 0 bridgehead atoms. The Morgan fingerprint density at radius 1 is 1.45 bits per heavy atom. The summed E-state index contributed by atoms with van der Waals surface area (Å²) < 4.78 is 25.2. The van der Waals surface area contributed by atoms with Crippen molar-refractivity contribution in [2.75, 3.05) is 12.8 Å². The van der Waals surface area contributed by atoms with Gasteiger partial charge in [0.2, 0.25) is 0 Å². The van der Waals surface area contributed by atoms with E-state index in [4.69, 9.17) is 0 Å². The average Bonchev–Trinajstić information content (AvgIpc) is 2.61. The highest BCUT2D eigenvalue weighted by atomic mass is 32.2. The van der Waals surface area contributed by atoms with Gasteiger partial charge < -0.3 is 5.32 Å². The number of nitrogens with zero attached hydrogens (tertiary/aromatic N) is 2. The number of sulfone groups is 1. The third-order valence-electron chi connectivity index (χ3n) is 3.95. The SMILES string of the molecule is CCCNC(Cc1cc(C)nn1C)C(C)(C)S(C)(=O)=O. The van der Waals surface area contributed by atoms with Gasteiger partial charge in [0.15, 0.2) is 9.84 Å². The summed E-state index contributed by atoms with van der Waals surface area (Å²) in [6.45, 7) is 8.41. The molecular weight excluding hydrogens is 274 g/mol.